The fourth-order valence-electron chi connectivity index (χ4n) is 0.730. The lowest BCUT2D eigenvalue weighted by Gasteiger charge is -2.15. The molecule has 0 saturated carbocycles. The zero-order chi connectivity index (χ0) is 12.3. The van der Waals surface area contributed by atoms with Gasteiger partial charge in [0.25, 0.3) is 0 Å². The number of hydrogen-bond donors (Lipinski definition) is 1. The summed E-state index contributed by atoms with van der Waals surface area (Å²) in [4.78, 5) is 0.0421. The summed E-state index contributed by atoms with van der Waals surface area (Å²) < 4.78 is 45.4. The molecule has 0 bridgehead atoms. The van der Waals surface area contributed by atoms with Crippen LogP contribution in [0, 0.1) is 0 Å². The van der Waals surface area contributed by atoms with Crippen molar-refractivity contribution in [3.63, 3.8) is 0 Å². The number of likely N-dealkylation sites (N-methyl/N-ethyl adjacent to an activating group) is 1. The van der Waals surface area contributed by atoms with Gasteiger partial charge in [0, 0.05) is 13.3 Å². The molecule has 0 atom stereocenters. The van der Waals surface area contributed by atoms with Crippen LogP contribution >= 0.6 is 12.2 Å². The predicted octanol–water partition coefficient (Wildman–Crippen LogP) is -1.42. The van der Waals surface area contributed by atoms with Gasteiger partial charge in [0.05, 0.1) is 23.0 Å². The van der Waals surface area contributed by atoms with Crippen LogP contribution in [0.15, 0.2) is 0 Å². The minimum atomic E-state index is -3.60. The van der Waals surface area contributed by atoms with Gasteiger partial charge in [-0.25, -0.2) is 16.8 Å². The van der Waals surface area contributed by atoms with E-state index >= 15 is 0 Å². The minimum Gasteiger partial charge on any atom is -0.392 e. The Hall–Kier alpha value is -0.250. The molecule has 0 radical (unpaired) electrons. The lowest BCUT2D eigenvalue weighted by Crippen LogP contribution is -2.37. The Balaban J connectivity index is 4.50. The highest BCUT2D eigenvalue weighted by Crippen LogP contribution is 1.99. The molecule has 0 aromatic rings. The molecule has 0 aromatic heterocycles. The minimum absolute atomic E-state index is 0.0421. The van der Waals surface area contributed by atoms with Gasteiger partial charge in [-0.2, -0.15) is 4.31 Å². The standard InChI is InChI=1S/C6H14N2O4S3/c1-8(5-6(7)13)15(11,12)4-3-14(2,9)10/h3-5H2,1-2H3,(H2,7,13). The first-order valence-corrected chi connectivity index (χ1v) is 8.02. The smallest absolute Gasteiger partial charge is 0.215 e. The van der Waals surface area contributed by atoms with Gasteiger partial charge in [0.2, 0.25) is 10.0 Å². The summed E-state index contributed by atoms with van der Waals surface area (Å²) in [6, 6.07) is 0. The average Bonchev–Trinajstić information content (AvgIpc) is 1.98. The topological polar surface area (TPSA) is 97.5 Å². The fourth-order valence-corrected chi connectivity index (χ4v) is 3.71. The maximum atomic E-state index is 11.5. The summed E-state index contributed by atoms with van der Waals surface area (Å²) in [5.74, 6) is -0.859. The summed E-state index contributed by atoms with van der Waals surface area (Å²) in [5.41, 5.74) is 5.18. The number of sulfonamides is 1. The molecule has 0 saturated heterocycles. The number of nitrogens with two attached hydrogens (primary N) is 1. The lowest BCUT2D eigenvalue weighted by atomic mass is 10.7. The summed E-state index contributed by atoms with van der Waals surface area (Å²) in [7, 11) is -5.59. The molecule has 0 rings (SSSR count). The molecule has 0 aliphatic rings. The van der Waals surface area contributed by atoms with Crippen LogP contribution in [0.3, 0.4) is 0 Å². The first kappa shape index (κ1) is 14.8. The molecule has 2 N–H and O–H groups in total. The van der Waals surface area contributed by atoms with E-state index in [2.05, 4.69) is 12.2 Å². The van der Waals surface area contributed by atoms with Crippen molar-refractivity contribution in [1.82, 2.24) is 4.31 Å². The Kier molecular flexibility index (Phi) is 5.10. The van der Waals surface area contributed by atoms with Crippen LogP contribution < -0.4 is 5.73 Å². The van der Waals surface area contributed by atoms with E-state index in [9.17, 15) is 16.8 Å². The van der Waals surface area contributed by atoms with Gasteiger partial charge in [0.1, 0.15) is 9.84 Å². The molecule has 90 valence electrons. The van der Waals surface area contributed by atoms with Gasteiger partial charge in [-0.05, 0) is 0 Å². The highest BCUT2D eigenvalue weighted by Gasteiger charge is 2.20. The van der Waals surface area contributed by atoms with Gasteiger partial charge in [-0.3, -0.25) is 0 Å². The maximum absolute atomic E-state index is 11.5. The van der Waals surface area contributed by atoms with Crippen LogP contribution in [0.25, 0.3) is 0 Å². The molecule has 0 aromatic carbocycles. The molecule has 0 unspecified atom stereocenters. The number of thiocarbonyl (C=S) groups is 1. The van der Waals surface area contributed by atoms with Gasteiger partial charge in [-0.15, -0.1) is 0 Å². The molecular formula is C6H14N2O4S3. The van der Waals surface area contributed by atoms with Crippen LogP contribution in [0.4, 0.5) is 0 Å². The van der Waals surface area contributed by atoms with Crippen LogP contribution in [0.2, 0.25) is 0 Å². The van der Waals surface area contributed by atoms with E-state index in [1.165, 1.54) is 7.05 Å². The van der Waals surface area contributed by atoms with E-state index in [4.69, 9.17) is 5.73 Å². The molecule has 0 amide bonds. The zero-order valence-corrected chi connectivity index (χ0v) is 11.0. The van der Waals surface area contributed by atoms with E-state index in [0.717, 1.165) is 10.6 Å². The van der Waals surface area contributed by atoms with Crippen molar-refractivity contribution in [2.45, 2.75) is 0 Å². The molecule has 0 heterocycles. The molecule has 0 aliphatic heterocycles. The number of nitrogens with zero attached hydrogens (tertiary/aromatic N) is 1. The van der Waals surface area contributed by atoms with Gasteiger partial charge < -0.3 is 5.73 Å². The summed E-state index contributed by atoms with van der Waals surface area (Å²) in [6.45, 7) is -0.0819. The van der Waals surface area contributed by atoms with Crippen molar-refractivity contribution in [1.29, 1.82) is 0 Å². The molecular weight excluding hydrogens is 260 g/mol. The van der Waals surface area contributed by atoms with Crippen molar-refractivity contribution in [2.24, 2.45) is 5.73 Å². The summed E-state index contributed by atoms with van der Waals surface area (Å²) in [5, 5.41) is 0. The largest absolute Gasteiger partial charge is 0.392 e. The highest BCUT2D eigenvalue weighted by atomic mass is 32.2. The number of sulfone groups is 1. The highest BCUT2D eigenvalue weighted by molar-refractivity contribution is 7.93. The summed E-state index contributed by atoms with van der Waals surface area (Å²) in [6.07, 6.45) is 0.982. The van der Waals surface area contributed by atoms with Gasteiger partial charge in [-0.1, -0.05) is 12.2 Å². The van der Waals surface area contributed by atoms with Crippen molar-refractivity contribution < 1.29 is 16.8 Å². The van der Waals surface area contributed by atoms with Crippen LogP contribution in [-0.2, 0) is 19.9 Å². The third-order valence-corrected chi connectivity index (χ3v) is 4.70. The average molecular weight is 274 g/mol. The second-order valence-electron chi connectivity index (χ2n) is 3.17. The first-order valence-electron chi connectivity index (χ1n) is 3.94. The van der Waals surface area contributed by atoms with Crippen molar-refractivity contribution in [3.05, 3.63) is 0 Å². The first-order chi connectivity index (χ1) is 6.54. The third kappa shape index (κ3) is 6.77. The van der Waals surface area contributed by atoms with E-state index in [1.54, 1.807) is 0 Å². The quantitative estimate of drug-likeness (QED) is 0.597. The van der Waals surface area contributed by atoms with Gasteiger partial charge >= 0.3 is 0 Å². The Morgan fingerprint density at radius 3 is 2.07 bits per heavy atom. The Labute approximate surface area is 95.4 Å². The maximum Gasteiger partial charge on any atom is 0.215 e. The second kappa shape index (κ2) is 5.19. The Morgan fingerprint density at radius 1 is 1.27 bits per heavy atom. The van der Waals surface area contributed by atoms with E-state index in [1.807, 2.05) is 0 Å². The van der Waals surface area contributed by atoms with E-state index in [-0.39, 0.29) is 11.5 Å². The molecule has 0 fully saturated rings. The second-order valence-corrected chi connectivity index (χ2v) is 8.15. The monoisotopic (exact) mass is 274 g/mol. The molecule has 0 spiro atoms. The normalized spacial score (nSPS) is 13.0. The van der Waals surface area contributed by atoms with E-state index in [0.29, 0.717) is 0 Å². The molecule has 15 heavy (non-hydrogen) atoms. The van der Waals surface area contributed by atoms with Crippen LogP contribution in [0.1, 0.15) is 0 Å². The molecule has 6 nitrogen and oxygen atoms in total. The zero-order valence-electron chi connectivity index (χ0n) is 8.50. The van der Waals surface area contributed by atoms with Crippen molar-refractivity contribution >= 4 is 37.1 Å². The Bertz CT molecular complexity index is 425. The lowest BCUT2D eigenvalue weighted by molar-refractivity contribution is 0.507. The van der Waals surface area contributed by atoms with Crippen molar-refractivity contribution in [2.75, 3.05) is 31.4 Å². The Morgan fingerprint density at radius 2 is 1.73 bits per heavy atom. The van der Waals surface area contributed by atoms with Gasteiger partial charge in [0.15, 0.2) is 0 Å². The summed E-state index contributed by atoms with van der Waals surface area (Å²) >= 11 is 4.55. The third-order valence-electron chi connectivity index (χ3n) is 1.57. The van der Waals surface area contributed by atoms with Crippen LogP contribution in [0.5, 0.6) is 0 Å². The number of rotatable bonds is 6. The SMILES string of the molecule is CN(CC(N)=S)S(=O)(=O)CCS(C)(=O)=O. The number of hydrogen-bond acceptors (Lipinski definition) is 5. The molecule has 9 heteroatoms. The predicted molar refractivity (Wildman–Crippen MR) is 62.9 cm³/mol. The fraction of sp³-hybridized carbons (Fsp3) is 0.833. The van der Waals surface area contributed by atoms with E-state index < -0.39 is 31.4 Å². The van der Waals surface area contributed by atoms with Crippen molar-refractivity contribution in [3.8, 4) is 0 Å². The molecule has 0 aliphatic carbocycles. The van der Waals surface area contributed by atoms with Crippen LogP contribution in [-0.4, -0.2) is 57.5 Å².